The lowest BCUT2D eigenvalue weighted by Gasteiger charge is -2.14. The summed E-state index contributed by atoms with van der Waals surface area (Å²) in [6.45, 7) is 4.39. The molecule has 6 nitrogen and oxygen atoms in total. The number of hydrogen-bond donors (Lipinski definition) is 2. The van der Waals surface area contributed by atoms with Crippen molar-refractivity contribution in [3.05, 3.63) is 89.5 Å². The predicted octanol–water partition coefficient (Wildman–Crippen LogP) is 5.26. The number of carbonyl (C=O) groups excluding carboxylic acids is 2. The van der Waals surface area contributed by atoms with E-state index in [1.54, 1.807) is 0 Å². The number of anilines is 1. The van der Waals surface area contributed by atoms with Gasteiger partial charge >= 0.3 is 6.09 Å². The summed E-state index contributed by atoms with van der Waals surface area (Å²) in [4.78, 5) is 22.7. The molecule has 2 unspecified atom stereocenters. The average Bonchev–Trinajstić information content (AvgIpc) is 3.26. The smallest absolute Gasteiger partial charge is 0.407 e. The van der Waals surface area contributed by atoms with Gasteiger partial charge in [-0.3, -0.25) is 0 Å². The fourth-order valence-corrected chi connectivity index (χ4v) is 3.68. The van der Waals surface area contributed by atoms with Gasteiger partial charge in [-0.1, -0.05) is 56.3 Å². The van der Waals surface area contributed by atoms with Gasteiger partial charge in [0.05, 0.1) is 6.04 Å². The Hall–Kier alpha value is -3.80. The number of aldehydes is 1. The van der Waals surface area contributed by atoms with Crippen LogP contribution in [0.5, 0.6) is 11.5 Å². The Morgan fingerprint density at radius 3 is 2.15 bits per heavy atom. The average molecular weight is 447 g/mol. The minimum Gasteiger partial charge on any atom is -0.457 e. The molecule has 1 amide bonds. The zero-order chi connectivity index (χ0) is 23.6. The third-order valence-electron chi connectivity index (χ3n) is 5.32. The minimum atomic E-state index is -0.361. The SMILES string of the molecule is CC.Nc1ccccc1C(C=O)Cc1ccc(Oc2ccc(CC3COC(=O)N3)cc2)cc1. The zero-order valence-electron chi connectivity index (χ0n) is 19.0. The Kier molecular flexibility index (Phi) is 8.47. The van der Waals surface area contributed by atoms with Crippen LogP contribution in [0, 0.1) is 0 Å². The van der Waals surface area contributed by atoms with E-state index in [0.717, 1.165) is 34.5 Å². The number of carbonyl (C=O) groups is 2. The Morgan fingerprint density at radius 2 is 1.61 bits per heavy atom. The van der Waals surface area contributed by atoms with Gasteiger partial charge in [-0.2, -0.15) is 0 Å². The Morgan fingerprint density at radius 1 is 1.00 bits per heavy atom. The maximum absolute atomic E-state index is 11.6. The first-order valence-electron chi connectivity index (χ1n) is 11.2. The molecule has 3 N–H and O–H groups in total. The number of para-hydroxylation sites is 1. The first-order chi connectivity index (χ1) is 16.1. The second kappa shape index (κ2) is 11.7. The van der Waals surface area contributed by atoms with E-state index in [9.17, 15) is 9.59 Å². The summed E-state index contributed by atoms with van der Waals surface area (Å²) in [6.07, 6.45) is 1.87. The van der Waals surface area contributed by atoms with Crippen molar-refractivity contribution in [3.8, 4) is 11.5 Å². The van der Waals surface area contributed by atoms with E-state index in [-0.39, 0.29) is 18.1 Å². The van der Waals surface area contributed by atoms with Crippen molar-refractivity contribution in [1.29, 1.82) is 0 Å². The molecule has 33 heavy (non-hydrogen) atoms. The summed E-state index contributed by atoms with van der Waals surface area (Å²) in [6, 6.07) is 22.9. The van der Waals surface area contributed by atoms with E-state index in [0.29, 0.717) is 25.1 Å². The van der Waals surface area contributed by atoms with Crippen LogP contribution in [0.2, 0.25) is 0 Å². The Bertz CT molecular complexity index is 1050. The molecule has 1 aliphatic heterocycles. The standard InChI is InChI=1S/C25H24N2O4.C2H6/c26-24-4-2-1-3-23(24)19(15-28)13-17-5-9-21(10-6-17)31-22-11-7-18(8-12-22)14-20-16-30-25(29)27-20;1-2/h1-12,15,19-20H,13-14,16,26H2,(H,27,29);1-2H3. The fourth-order valence-electron chi connectivity index (χ4n) is 3.68. The number of ether oxygens (including phenoxy) is 2. The number of nitrogens with two attached hydrogens (primary N) is 1. The molecule has 0 radical (unpaired) electrons. The molecule has 1 aliphatic rings. The third kappa shape index (κ3) is 6.59. The summed E-state index contributed by atoms with van der Waals surface area (Å²) in [5, 5.41) is 2.77. The van der Waals surface area contributed by atoms with Crippen LogP contribution in [0.25, 0.3) is 0 Å². The monoisotopic (exact) mass is 446 g/mol. The normalized spacial score (nSPS) is 15.5. The summed E-state index contributed by atoms with van der Waals surface area (Å²) >= 11 is 0. The number of nitrogen functional groups attached to an aromatic ring is 1. The van der Waals surface area contributed by atoms with Crippen LogP contribution >= 0.6 is 0 Å². The van der Waals surface area contributed by atoms with Crippen molar-refractivity contribution in [2.45, 2.75) is 38.6 Å². The van der Waals surface area contributed by atoms with Gasteiger partial charge in [-0.25, -0.2) is 4.79 Å². The van der Waals surface area contributed by atoms with Gasteiger partial charge in [-0.15, -0.1) is 0 Å². The second-order valence-electron chi connectivity index (χ2n) is 7.61. The highest BCUT2D eigenvalue weighted by Gasteiger charge is 2.22. The van der Waals surface area contributed by atoms with E-state index in [4.69, 9.17) is 15.2 Å². The summed E-state index contributed by atoms with van der Waals surface area (Å²) in [7, 11) is 0. The minimum absolute atomic E-state index is 0.00763. The number of alkyl carbamates (subject to hydrolysis) is 1. The number of benzene rings is 3. The van der Waals surface area contributed by atoms with Crippen LogP contribution in [-0.2, 0) is 22.4 Å². The molecule has 0 spiro atoms. The lowest BCUT2D eigenvalue weighted by Crippen LogP contribution is -2.28. The zero-order valence-corrected chi connectivity index (χ0v) is 19.0. The molecule has 0 saturated carbocycles. The van der Waals surface area contributed by atoms with Crippen molar-refractivity contribution >= 4 is 18.1 Å². The molecule has 172 valence electrons. The Balaban J connectivity index is 0.00000149. The summed E-state index contributed by atoms with van der Waals surface area (Å²) in [5.41, 5.74) is 9.63. The lowest BCUT2D eigenvalue weighted by molar-refractivity contribution is -0.109. The van der Waals surface area contributed by atoms with Crippen molar-refractivity contribution in [3.63, 3.8) is 0 Å². The van der Waals surface area contributed by atoms with Gasteiger partial charge in [0.2, 0.25) is 0 Å². The molecule has 0 aliphatic carbocycles. The van der Waals surface area contributed by atoms with Crippen LogP contribution in [0.15, 0.2) is 72.8 Å². The summed E-state index contributed by atoms with van der Waals surface area (Å²) < 4.78 is 10.8. The molecule has 1 saturated heterocycles. The maximum Gasteiger partial charge on any atom is 0.407 e. The molecule has 4 rings (SSSR count). The van der Waals surface area contributed by atoms with Crippen molar-refractivity contribution in [2.75, 3.05) is 12.3 Å². The number of nitrogens with one attached hydrogen (secondary N) is 1. The van der Waals surface area contributed by atoms with Gasteiger partial charge in [0.1, 0.15) is 24.4 Å². The van der Waals surface area contributed by atoms with E-state index >= 15 is 0 Å². The van der Waals surface area contributed by atoms with Crippen LogP contribution < -0.4 is 15.8 Å². The molecule has 1 heterocycles. The molecule has 0 aromatic heterocycles. The summed E-state index contributed by atoms with van der Waals surface area (Å²) in [5.74, 6) is 1.16. The van der Waals surface area contributed by atoms with Crippen molar-refractivity contribution in [2.24, 2.45) is 0 Å². The van der Waals surface area contributed by atoms with E-state index in [1.165, 1.54) is 0 Å². The topological polar surface area (TPSA) is 90.7 Å². The van der Waals surface area contributed by atoms with E-state index in [2.05, 4.69) is 5.32 Å². The van der Waals surface area contributed by atoms with Crippen molar-refractivity contribution in [1.82, 2.24) is 5.32 Å². The molecular formula is C27H30N2O4. The number of amides is 1. The van der Waals surface area contributed by atoms with E-state index in [1.807, 2.05) is 86.6 Å². The lowest BCUT2D eigenvalue weighted by atomic mass is 9.92. The number of hydrogen-bond acceptors (Lipinski definition) is 5. The molecule has 2 atom stereocenters. The molecular weight excluding hydrogens is 416 g/mol. The molecule has 6 heteroatoms. The van der Waals surface area contributed by atoms with Gasteiger partial charge in [0.25, 0.3) is 0 Å². The third-order valence-corrected chi connectivity index (χ3v) is 5.32. The Labute approximate surface area is 194 Å². The van der Waals surface area contributed by atoms with Crippen LogP contribution in [-0.4, -0.2) is 25.0 Å². The fraction of sp³-hybridized carbons (Fsp3) is 0.259. The predicted molar refractivity (Wildman–Crippen MR) is 130 cm³/mol. The first kappa shape index (κ1) is 23.9. The molecule has 3 aromatic rings. The number of cyclic esters (lactones) is 1. The van der Waals surface area contributed by atoms with Crippen molar-refractivity contribution < 1.29 is 19.1 Å². The largest absolute Gasteiger partial charge is 0.457 e. The van der Waals surface area contributed by atoms with Gasteiger partial charge in [0.15, 0.2) is 0 Å². The maximum atomic E-state index is 11.6. The molecule has 0 bridgehead atoms. The van der Waals surface area contributed by atoms with Gasteiger partial charge in [-0.05, 0) is 59.9 Å². The van der Waals surface area contributed by atoms with Crippen LogP contribution in [0.1, 0.15) is 36.5 Å². The quantitative estimate of drug-likeness (QED) is 0.364. The highest BCUT2D eigenvalue weighted by molar-refractivity contribution is 5.69. The van der Waals surface area contributed by atoms with Gasteiger partial charge in [0, 0.05) is 11.6 Å². The first-order valence-corrected chi connectivity index (χ1v) is 11.2. The second-order valence-corrected chi connectivity index (χ2v) is 7.61. The van der Waals surface area contributed by atoms with Gasteiger partial charge < -0.3 is 25.3 Å². The van der Waals surface area contributed by atoms with Crippen LogP contribution in [0.4, 0.5) is 10.5 Å². The van der Waals surface area contributed by atoms with E-state index < -0.39 is 0 Å². The molecule has 3 aromatic carbocycles. The molecule has 1 fully saturated rings. The highest BCUT2D eigenvalue weighted by Crippen LogP contribution is 2.27. The number of rotatable bonds is 8. The highest BCUT2D eigenvalue weighted by atomic mass is 16.6. The van der Waals surface area contributed by atoms with Crippen LogP contribution in [0.3, 0.4) is 0 Å².